The van der Waals surface area contributed by atoms with Crippen LogP contribution in [0, 0.1) is 0 Å². The number of unbranched alkanes of at least 4 members (excludes halogenated alkanes) is 1. The Hall–Kier alpha value is -2.22. The molecule has 0 aliphatic carbocycles. The van der Waals surface area contributed by atoms with Crippen LogP contribution in [-0.4, -0.2) is 66.8 Å². The molecular weight excluding hydrogens is 468 g/mol. The van der Waals surface area contributed by atoms with E-state index in [1.807, 2.05) is 42.1 Å². The van der Waals surface area contributed by atoms with Gasteiger partial charge in [-0.05, 0) is 49.3 Å². The molecule has 1 atom stereocenters. The average Bonchev–Trinajstić information content (AvgIpc) is 3.15. The Morgan fingerprint density at radius 2 is 1.59 bits per heavy atom. The summed E-state index contributed by atoms with van der Waals surface area (Å²) in [6, 6.07) is 17.4. The van der Waals surface area contributed by atoms with Crippen molar-refractivity contribution in [1.29, 1.82) is 0 Å². The molecule has 0 aromatic heterocycles. The third-order valence-corrected chi connectivity index (χ3v) is 7.57. The lowest BCUT2D eigenvalue weighted by Gasteiger charge is -2.37. The van der Waals surface area contributed by atoms with Crippen molar-refractivity contribution in [3.05, 3.63) is 60.2 Å². The van der Waals surface area contributed by atoms with Gasteiger partial charge in [0.1, 0.15) is 6.04 Å². The molecule has 2 saturated heterocycles. The number of para-hydroxylation sites is 1. The van der Waals surface area contributed by atoms with Gasteiger partial charge in [-0.25, -0.2) is 4.79 Å². The first kappa shape index (κ1) is 26.4. The van der Waals surface area contributed by atoms with Crippen LogP contribution in [-0.2, 0) is 4.79 Å². The summed E-state index contributed by atoms with van der Waals surface area (Å²) in [4.78, 5) is 32.8. The highest BCUT2D eigenvalue weighted by Crippen LogP contribution is 2.31. The van der Waals surface area contributed by atoms with Crippen molar-refractivity contribution in [1.82, 2.24) is 15.1 Å². The number of rotatable bonds is 10. The van der Waals surface area contributed by atoms with Crippen molar-refractivity contribution in [2.45, 2.75) is 37.1 Å². The van der Waals surface area contributed by atoms with Gasteiger partial charge < -0.3 is 10.2 Å². The van der Waals surface area contributed by atoms with Crippen LogP contribution in [0.4, 0.5) is 10.5 Å². The highest BCUT2D eigenvalue weighted by molar-refractivity contribution is 7.99. The third kappa shape index (κ3) is 6.46. The number of hydrogen-bond acceptors (Lipinski definition) is 5. The van der Waals surface area contributed by atoms with E-state index in [1.165, 1.54) is 21.9 Å². The maximum absolute atomic E-state index is 12.7. The summed E-state index contributed by atoms with van der Waals surface area (Å²) in [5.74, 6) is 1.01. The first-order valence-corrected chi connectivity index (χ1v) is 13.0. The number of urea groups is 1. The van der Waals surface area contributed by atoms with E-state index in [1.54, 1.807) is 0 Å². The van der Waals surface area contributed by atoms with E-state index in [-0.39, 0.29) is 24.3 Å². The van der Waals surface area contributed by atoms with Crippen LogP contribution < -0.4 is 10.2 Å². The van der Waals surface area contributed by atoms with Gasteiger partial charge in [-0.1, -0.05) is 49.4 Å². The lowest BCUT2D eigenvalue weighted by Crippen LogP contribution is -2.46. The summed E-state index contributed by atoms with van der Waals surface area (Å²) < 4.78 is 0. The fourth-order valence-corrected chi connectivity index (χ4v) is 5.42. The average molecular weight is 503 g/mol. The molecule has 8 heteroatoms. The Labute approximate surface area is 213 Å². The first-order chi connectivity index (χ1) is 16.2. The summed E-state index contributed by atoms with van der Waals surface area (Å²) in [6.45, 7) is 7.88. The highest BCUT2D eigenvalue weighted by atomic mass is 35.5. The van der Waals surface area contributed by atoms with Crippen LogP contribution in [0.25, 0.3) is 0 Å². The van der Waals surface area contributed by atoms with Gasteiger partial charge in [-0.3, -0.25) is 14.6 Å². The first-order valence-electron chi connectivity index (χ1n) is 12.0. The molecule has 2 fully saturated rings. The Morgan fingerprint density at radius 3 is 2.32 bits per heavy atom. The van der Waals surface area contributed by atoms with Gasteiger partial charge in [-0.2, -0.15) is 0 Å². The zero-order valence-electron chi connectivity index (χ0n) is 19.8. The van der Waals surface area contributed by atoms with E-state index >= 15 is 0 Å². The van der Waals surface area contributed by atoms with E-state index in [0.717, 1.165) is 56.9 Å². The van der Waals surface area contributed by atoms with E-state index in [4.69, 9.17) is 0 Å². The third-order valence-electron chi connectivity index (χ3n) is 6.30. The largest absolute Gasteiger partial charge is 0.368 e. The number of halogens is 1. The van der Waals surface area contributed by atoms with Crippen molar-refractivity contribution in [2.24, 2.45) is 0 Å². The minimum atomic E-state index is -0.551. The summed E-state index contributed by atoms with van der Waals surface area (Å²) in [5.41, 5.74) is 2.20. The number of carbonyl (C=O) groups excluding carboxylic acids is 2. The quantitative estimate of drug-likeness (QED) is 0.287. The fraction of sp³-hybridized carbons (Fsp3) is 0.462. The number of anilines is 1. The van der Waals surface area contributed by atoms with Crippen LogP contribution in [0.2, 0.25) is 0 Å². The Balaban J connectivity index is 0.00000324. The van der Waals surface area contributed by atoms with Gasteiger partial charge in [0.25, 0.3) is 5.91 Å². The number of piperazine rings is 1. The Bertz CT molecular complexity index is 937. The lowest BCUT2D eigenvalue weighted by molar-refractivity contribution is -0.127. The van der Waals surface area contributed by atoms with Gasteiger partial charge in [0.05, 0.1) is 5.69 Å². The van der Waals surface area contributed by atoms with Crippen molar-refractivity contribution in [3.63, 3.8) is 0 Å². The molecule has 34 heavy (non-hydrogen) atoms. The molecule has 2 aliphatic heterocycles. The molecule has 3 amide bonds. The molecule has 1 N–H and O–H groups in total. The summed E-state index contributed by atoms with van der Waals surface area (Å²) in [7, 11) is 0. The Kier molecular flexibility index (Phi) is 10.1. The predicted molar refractivity (Wildman–Crippen MR) is 142 cm³/mol. The molecule has 4 rings (SSSR count). The van der Waals surface area contributed by atoms with Gasteiger partial charge in [-0.15, -0.1) is 24.2 Å². The second kappa shape index (κ2) is 13.0. The number of nitrogens with zero attached hydrogens (tertiary/aromatic N) is 3. The van der Waals surface area contributed by atoms with Gasteiger partial charge >= 0.3 is 6.03 Å². The maximum atomic E-state index is 12.7. The number of amides is 3. The summed E-state index contributed by atoms with van der Waals surface area (Å²) in [6.07, 6.45) is 3.00. The Morgan fingerprint density at radius 1 is 0.912 bits per heavy atom. The second-order valence-electron chi connectivity index (χ2n) is 8.64. The maximum Gasteiger partial charge on any atom is 0.325 e. The SMILES string of the molecule is CCCSc1ccccc1N1CCN(CCCCN2C(=O)NC(c3ccccc3)C2=O)CC1.Cl. The van der Waals surface area contributed by atoms with Crippen molar-refractivity contribution < 1.29 is 9.59 Å². The monoisotopic (exact) mass is 502 g/mol. The number of nitrogens with one attached hydrogen (secondary N) is 1. The van der Waals surface area contributed by atoms with Gasteiger partial charge in [0.2, 0.25) is 0 Å². The molecule has 6 nitrogen and oxygen atoms in total. The van der Waals surface area contributed by atoms with E-state index < -0.39 is 6.04 Å². The summed E-state index contributed by atoms with van der Waals surface area (Å²) in [5, 5.41) is 2.82. The normalized spacial score (nSPS) is 18.7. The second-order valence-corrected chi connectivity index (χ2v) is 9.77. The molecule has 184 valence electrons. The highest BCUT2D eigenvalue weighted by Gasteiger charge is 2.38. The number of benzene rings is 2. The minimum Gasteiger partial charge on any atom is -0.368 e. The standard InChI is InChI=1S/C26H34N4O2S.ClH/c1-2-20-33-23-13-7-6-12-22(23)29-18-16-28(17-19-29)14-8-9-15-30-25(31)24(27-26(30)32)21-10-4-3-5-11-21;/h3-7,10-13,24H,2,8-9,14-20H2,1H3,(H,27,32);1H. The van der Waals surface area contributed by atoms with E-state index in [2.05, 4.69) is 46.3 Å². The molecule has 0 spiro atoms. The molecule has 1 unspecified atom stereocenters. The van der Waals surface area contributed by atoms with Crippen molar-refractivity contribution >= 4 is 41.8 Å². The van der Waals surface area contributed by atoms with E-state index in [0.29, 0.717) is 6.54 Å². The number of imide groups is 1. The molecule has 2 heterocycles. The van der Waals surface area contributed by atoms with Crippen LogP contribution in [0.1, 0.15) is 37.8 Å². The van der Waals surface area contributed by atoms with Gasteiger partial charge in [0.15, 0.2) is 0 Å². The number of hydrogen-bond donors (Lipinski definition) is 1. The number of thioether (sulfide) groups is 1. The molecule has 0 bridgehead atoms. The van der Waals surface area contributed by atoms with Crippen molar-refractivity contribution in [2.75, 3.05) is 49.9 Å². The van der Waals surface area contributed by atoms with E-state index in [9.17, 15) is 9.59 Å². The van der Waals surface area contributed by atoms with Crippen LogP contribution in [0.15, 0.2) is 59.5 Å². The fourth-order valence-electron chi connectivity index (χ4n) is 4.47. The van der Waals surface area contributed by atoms with Crippen LogP contribution in [0.5, 0.6) is 0 Å². The topological polar surface area (TPSA) is 55.9 Å². The molecule has 2 aromatic carbocycles. The zero-order valence-corrected chi connectivity index (χ0v) is 21.5. The molecule has 2 aliphatic rings. The zero-order chi connectivity index (χ0) is 23.0. The van der Waals surface area contributed by atoms with Gasteiger partial charge in [0, 0.05) is 37.6 Å². The molecule has 0 radical (unpaired) electrons. The molecule has 0 saturated carbocycles. The van der Waals surface area contributed by atoms with Crippen molar-refractivity contribution in [3.8, 4) is 0 Å². The number of carbonyl (C=O) groups is 2. The lowest BCUT2D eigenvalue weighted by atomic mass is 10.1. The van der Waals surface area contributed by atoms with Crippen LogP contribution >= 0.6 is 24.2 Å². The summed E-state index contributed by atoms with van der Waals surface area (Å²) >= 11 is 1.95. The minimum absolute atomic E-state index is 0. The predicted octanol–water partition coefficient (Wildman–Crippen LogP) is 4.81. The van der Waals surface area contributed by atoms with Crippen LogP contribution in [0.3, 0.4) is 0 Å². The molecule has 2 aromatic rings. The molecular formula is C26H35ClN4O2S. The smallest absolute Gasteiger partial charge is 0.325 e.